The van der Waals surface area contributed by atoms with Gasteiger partial charge in [-0.1, -0.05) is 17.7 Å². The fourth-order valence-corrected chi connectivity index (χ4v) is 5.04. The van der Waals surface area contributed by atoms with Crippen molar-refractivity contribution < 1.29 is 18.7 Å². The number of methoxy groups -OCH3 is 1. The lowest BCUT2D eigenvalue weighted by Gasteiger charge is -2.23. The van der Waals surface area contributed by atoms with Crippen LogP contribution in [0.2, 0.25) is 5.02 Å². The predicted molar refractivity (Wildman–Crippen MR) is 127 cm³/mol. The number of aryl methyl sites for hydroxylation is 1. The lowest BCUT2D eigenvalue weighted by molar-refractivity contribution is 0.0971. The minimum absolute atomic E-state index is 0.000488. The van der Waals surface area contributed by atoms with Crippen LogP contribution in [0.15, 0.2) is 51.0 Å². The van der Waals surface area contributed by atoms with Crippen LogP contribution in [0, 0.1) is 6.92 Å². The van der Waals surface area contributed by atoms with Crippen LogP contribution >= 0.6 is 22.9 Å². The van der Waals surface area contributed by atoms with Crippen LogP contribution in [-0.2, 0) is 0 Å². The molecule has 0 N–H and O–H groups in total. The van der Waals surface area contributed by atoms with E-state index in [1.54, 1.807) is 37.4 Å². The molecule has 1 aliphatic rings. The normalized spacial score (nSPS) is 15.2. The second kappa shape index (κ2) is 8.20. The number of ether oxygens (including phenoxy) is 2. The predicted octanol–water partition coefficient (Wildman–Crippen LogP) is 5.37. The molecule has 1 atom stereocenters. The zero-order valence-corrected chi connectivity index (χ0v) is 19.6. The van der Waals surface area contributed by atoms with Gasteiger partial charge in [0.2, 0.25) is 5.76 Å². The molecule has 0 saturated carbocycles. The quantitative estimate of drug-likeness (QED) is 0.380. The summed E-state index contributed by atoms with van der Waals surface area (Å²) >= 11 is 7.47. The molecule has 0 unspecified atom stereocenters. The van der Waals surface area contributed by atoms with E-state index in [-0.39, 0.29) is 16.8 Å². The number of benzene rings is 2. The maximum Gasteiger partial charge on any atom is 0.297 e. The number of halogens is 1. The molecule has 7 nitrogen and oxygen atoms in total. The third-order valence-corrected chi connectivity index (χ3v) is 6.64. The van der Waals surface area contributed by atoms with Gasteiger partial charge in [-0.3, -0.25) is 14.5 Å². The number of nitrogens with zero attached hydrogens (tertiary/aromatic N) is 2. The standard InChI is InChI=1S/C24H19ClN2O5S/c1-4-31-17-7-5-13(9-18(17)30-3)20-19-21(28)15-10-14(25)6-8-16(15)32-22(19)23(29)27(20)24-26-12(2)11-33-24/h5-11,20H,4H2,1-3H3/t20-/m0/s1. The largest absolute Gasteiger partial charge is 0.493 e. The molecule has 5 rings (SSSR count). The third kappa shape index (κ3) is 3.46. The Morgan fingerprint density at radius 2 is 2.00 bits per heavy atom. The fourth-order valence-electron chi connectivity index (χ4n) is 4.04. The summed E-state index contributed by atoms with van der Waals surface area (Å²) in [5.41, 5.74) is 1.68. The molecule has 0 saturated heterocycles. The zero-order chi connectivity index (χ0) is 23.3. The maximum absolute atomic E-state index is 13.6. The lowest BCUT2D eigenvalue weighted by Crippen LogP contribution is -2.29. The smallest absolute Gasteiger partial charge is 0.297 e. The van der Waals surface area contributed by atoms with Crippen molar-refractivity contribution in [2.45, 2.75) is 19.9 Å². The van der Waals surface area contributed by atoms with Crippen LogP contribution in [0.1, 0.15) is 40.3 Å². The van der Waals surface area contributed by atoms with E-state index in [9.17, 15) is 9.59 Å². The topological polar surface area (TPSA) is 81.9 Å². The molecule has 0 fully saturated rings. The SMILES string of the molecule is CCOc1ccc([C@H]2c3c(oc4ccc(Cl)cc4c3=O)C(=O)N2c2nc(C)cs2)cc1OC. The molecule has 9 heteroatoms. The first-order valence-corrected chi connectivity index (χ1v) is 11.5. The van der Waals surface area contributed by atoms with E-state index in [2.05, 4.69) is 4.98 Å². The monoisotopic (exact) mass is 482 g/mol. The van der Waals surface area contributed by atoms with Crippen molar-refractivity contribution in [2.75, 3.05) is 18.6 Å². The fraction of sp³-hybridized carbons (Fsp3) is 0.208. The lowest BCUT2D eigenvalue weighted by atomic mass is 9.98. The molecule has 2 aromatic carbocycles. The first kappa shape index (κ1) is 21.5. The highest BCUT2D eigenvalue weighted by Gasteiger charge is 2.45. The average molecular weight is 483 g/mol. The first-order valence-electron chi connectivity index (χ1n) is 10.3. The van der Waals surface area contributed by atoms with Gasteiger partial charge in [0.1, 0.15) is 5.58 Å². The molecule has 3 heterocycles. The molecule has 0 radical (unpaired) electrons. The Balaban J connectivity index is 1.79. The zero-order valence-electron chi connectivity index (χ0n) is 18.0. The van der Waals surface area contributed by atoms with Crippen molar-refractivity contribution in [2.24, 2.45) is 0 Å². The Morgan fingerprint density at radius 3 is 2.70 bits per heavy atom. The number of carbonyl (C=O) groups excluding carboxylic acids is 1. The van der Waals surface area contributed by atoms with E-state index < -0.39 is 11.9 Å². The summed E-state index contributed by atoms with van der Waals surface area (Å²) in [6, 6.07) is 9.38. The molecule has 0 aliphatic carbocycles. The molecule has 168 valence electrons. The Labute approximate surface area is 198 Å². The summed E-state index contributed by atoms with van der Waals surface area (Å²) in [7, 11) is 1.54. The van der Waals surface area contributed by atoms with Gasteiger partial charge in [-0.05, 0) is 49.7 Å². The van der Waals surface area contributed by atoms with E-state index in [4.69, 9.17) is 25.5 Å². The summed E-state index contributed by atoms with van der Waals surface area (Å²) < 4.78 is 17.1. The molecule has 2 aromatic heterocycles. The molecular weight excluding hydrogens is 464 g/mol. The number of fused-ring (bicyclic) bond motifs is 2. The number of anilines is 1. The van der Waals surface area contributed by atoms with Gasteiger partial charge in [0.05, 0.1) is 36.4 Å². The maximum atomic E-state index is 13.6. The van der Waals surface area contributed by atoms with E-state index in [1.807, 2.05) is 25.3 Å². The van der Waals surface area contributed by atoms with E-state index >= 15 is 0 Å². The van der Waals surface area contributed by atoms with Gasteiger partial charge in [-0.25, -0.2) is 4.98 Å². The van der Waals surface area contributed by atoms with Gasteiger partial charge in [0.15, 0.2) is 22.1 Å². The van der Waals surface area contributed by atoms with Crippen LogP contribution in [0.25, 0.3) is 11.0 Å². The van der Waals surface area contributed by atoms with Gasteiger partial charge >= 0.3 is 0 Å². The number of hydrogen-bond acceptors (Lipinski definition) is 7. The van der Waals surface area contributed by atoms with Crippen LogP contribution in [0.5, 0.6) is 11.5 Å². The molecule has 0 spiro atoms. The highest BCUT2D eigenvalue weighted by Crippen LogP contribution is 2.44. The molecule has 33 heavy (non-hydrogen) atoms. The van der Waals surface area contributed by atoms with Crippen molar-refractivity contribution >= 4 is 44.9 Å². The van der Waals surface area contributed by atoms with E-state index in [0.717, 1.165) is 5.69 Å². The van der Waals surface area contributed by atoms with Crippen molar-refractivity contribution in [3.63, 3.8) is 0 Å². The van der Waals surface area contributed by atoms with Gasteiger partial charge < -0.3 is 13.9 Å². The Bertz CT molecular complexity index is 1460. The summed E-state index contributed by atoms with van der Waals surface area (Å²) in [5, 5.41) is 3.05. The second-order valence-electron chi connectivity index (χ2n) is 7.51. The third-order valence-electron chi connectivity index (χ3n) is 5.45. The van der Waals surface area contributed by atoms with Gasteiger partial charge in [-0.15, -0.1) is 11.3 Å². The molecule has 0 bridgehead atoms. The summed E-state index contributed by atoms with van der Waals surface area (Å²) in [5.74, 6) is 0.646. The van der Waals surface area contributed by atoms with Crippen LogP contribution in [-0.4, -0.2) is 24.6 Å². The van der Waals surface area contributed by atoms with E-state index in [0.29, 0.717) is 44.8 Å². The number of carbonyl (C=O) groups is 1. The summed E-state index contributed by atoms with van der Waals surface area (Å²) in [6.07, 6.45) is 0. The van der Waals surface area contributed by atoms with Crippen molar-refractivity contribution in [1.29, 1.82) is 0 Å². The van der Waals surface area contributed by atoms with Crippen LogP contribution in [0.4, 0.5) is 5.13 Å². The summed E-state index contributed by atoms with van der Waals surface area (Å²) in [6.45, 7) is 4.21. The van der Waals surface area contributed by atoms with Crippen molar-refractivity contribution in [1.82, 2.24) is 4.98 Å². The number of thiazole rings is 1. The molecule has 4 aromatic rings. The summed E-state index contributed by atoms with van der Waals surface area (Å²) in [4.78, 5) is 33.2. The number of amides is 1. The Hall–Kier alpha value is -3.36. The van der Waals surface area contributed by atoms with Crippen molar-refractivity contribution in [3.05, 3.63) is 79.6 Å². The van der Waals surface area contributed by atoms with Crippen molar-refractivity contribution in [3.8, 4) is 11.5 Å². The number of rotatable bonds is 5. The van der Waals surface area contributed by atoms with Crippen LogP contribution in [0.3, 0.4) is 0 Å². The number of aromatic nitrogens is 1. The van der Waals surface area contributed by atoms with E-state index in [1.165, 1.54) is 16.2 Å². The second-order valence-corrected chi connectivity index (χ2v) is 8.78. The Kier molecular flexibility index (Phi) is 5.34. The highest BCUT2D eigenvalue weighted by molar-refractivity contribution is 7.14. The highest BCUT2D eigenvalue weighted by atomic mass is 35.5. The van der Waals surface area contributed by atoms with Gasteiger partial charge in [0.25, 0.3) is 5.91 Å². The molecule has 1 amide bonds. The molecule has 1 aliphatic heterocycles. The average Bonchev–Trinajstić information content (AvgIpc) is 3.36. The van der Waals surface area contributed by atoms with Gasteiger partial charge in [0, 0.05) is 10.4 Å². The minimum Gasteiger partial charge on any atom is -0.493 e. The Morgan fingerprint density at radius 1 is 1.18 bits per heavy atom. The minimum atomic E-state index is -0.748. The van der Waals surface area contributed by atoms with Crippen LogP contribution < -0.4 is 19.8 Å². The number of hydrogen-bond donors (Lipinski definition) is 0. The van der Waals surface area contributed by atoms with Gasteiger partial charge in [-0.2, -0.15) is 0 Å². The first-order chi connectivity index (χ1) is 15.9. The molecular formula is C24H19ClN2O5S.